The van der Waals surface area contributed by atoms with E-state index in [-0.39, 0.29) is 5.82 Å². The molecule has 2 heterocycles. The summed E-state index contributed by atoms with van der Waals surface area (Å²) in [5.74, 6) is -0.391. The van der Waals surface area contributed by atoms with Gasteiger partial charge in [-0.15, -0.1) is 16.4 Å². The minimum Gasteiger partial charge on any atom is -0.460 e. The Labute approximate surface area is 110 Å². The average Bonchev–Trinajstić information content (AvgIpc) is 2.90. The topological polar surface area (TPSA) is 69.9 Å². The molecule has 0 aliphatic rings. The second-order valence-corrected chi connectivity index (χ2v) is 4.93. The van der Waals surface area contributed by atoms with Gasteiger partial charge < -0.3 is 4.74 Å². The third kappa shape index (κ3) is 2.70. The van der Waals surface area contributed by atoms with Gasteiger partial charge in [-0.2, -0.15) is 0 Å². The molecule has 0 unspecified atom stereocenters. The second-order valence-electron chi connectivity index (χ2n) is 3.07. The molecule has 0 bridgehead atoms. The molecule has 8 heteroatoms. The molecule has 0 aliphatic heterocycles. The zero-order valence-corrected chi connectivity index (χ0v) is 11.4. The Morgan fingerprint density at radius 3 is 3.12 bits per heavy atom. The monoisotopic (exact) mass is 316 g/mol. The van der Waals surface area contributed by atoms with Crippen molar-refractivity contribution in [2.24, 2.45) is 0 Å². The van der Waals surface area contributed by atoms with E-state index in [4.69, 9.17) is 4.74 Å². The Kier molecular flexibility index (Phi) is 3.85. The van der Waals surface area contributed by atoms with Crippen LogP contribution in [0.5, 0.6) is 0 Å². The van der Waals surface area contributed by atoms with E-state index in [2.05, 4.69) is 31.5 Å². The molecule has 0 N–H and O–H groups in total. The lowest BCUT2D eigenvalue weighted by Crippen LogP contribution is -2.14. The summed E-state index contributed by atoms with van der Waals surface area (Å²) in [4.78, 5) is 12.6. The Morgan fingerprint density at radius 2 is 2.47 bits per heavy atom. The Balaban J connectivity index is 2.20. The number of tetrazole rings is 1. The van der Waals surface area contributed by atoms with Crippen LogP contribution in [0.1, 0.15) is 22.4 Å². The molecule has 0 saturated heterocycles. The normalized spacial score (nSPS) is 10.5. The van der Waals surface area contributed by atoms with Crippen molar-refractivity contribution in [3.63, 3.8) is 0 Å². The number of thiophene rings is 1. The molecule has 0 aromatic carbocycles. The first kappa shape index (κ1) is 12.2. The van der Waals surface area contributed by atoms with Gasteiger partial charge in [0.15, 0.2) is 0 Å². The van der Waals surface area contributed by atoms with E-state index in [1.54, 1.807) is 18.3 Å². The van der Waals surface area contributed by atoms with Gasteiger partial charge in [-0.25, -0.2) is 9.48 Å². The van der Waals surface area contributed by atoms with E-state index in [1.165, 1.54) is 4.68 Å². The van der Waals surface area contributed by atoms with Gasteiger partial charge in [0.05, 0.1) is 13.2 Å². The van der Waals surface area contributed by atoms with Crippen molar-refractivity contribution in [3.05, 3.63) is 26.6 Å². The van der Waals surface area contributed by atoms with Crippen LogP contribution in [0.4, 0.5) is 0 Å². The van der Waals surface area contributed by atoms with E-state index in [1.807, 2.05) is 11.4 Å². The largest absolute Gasteiger partial charge is 0.460 e. The van der Waals surface area contributed by atoms with Gasteiger partial charge in [-0.05, 0) is 44.7 Å². The summed E-state index contributed by atoms with van der Waals surface area (Å²) in [7, 11) is 0. The Hall–Kier alpha value is -1.28. The Morgan fingerprint density at radius 1 is 1.65 bits per heavy atom. The van der Waals surface area contributed by atoms with Gasteiger partial charge >= 0.3 is 5.97 Å². The van der Waals surface area contributed by atoms with E-state index in [0.717, 1.165) is 9.35 Å². The molecule has 0 atom stereocenters. The molecule has 2 aromatic heterocycles. The van der Waals surface area contributed by atoms with Crippen molar-refractivity contribution in [2.75, 3.05) is 6.61 Å². The molecule has 6 nitrogen and oxygen atoms in total. The van der Waals surface area contributed by atoms with Crippen molar-refractivity contribution < 1.29 is 9.53 Å². The number of esters is 1. The van der Waals surface area contributed by atoms with Gasteiger partial charge in [0.1, 0.15) is 0 Å². The zero-order chi connectivity index (χ0) is 12.3. The van der Waals surface area contributed by atoms with Gasteiger partial charge in [0, 0.05) is 9.35 Å². The molecular weight excluding hydrogens is 308 g/mol. The fraction of sp³-hybridized carbons (Fsp3) is 0.333. The lowest BCUT2D eigenvalue weighted by atomic mass is 10.4. The lowest BCUT2D eigenvalue weighted by molar-refractivity contribution is 0.0505. The zero-order valence-electron chi connectivity index (χ0n) is 8.96. The molecule has 0 radical (unpaired) electrons. The average molecular weight is 317 g/mol. The number of hydrogen-bond acceptors (Lipinski definition) is 6. The van der Waals surface area contributed by atoms with Crippen molar-refractivity contribution in [1.29, 1.82) is 0 Å². The van der Waals surface area contributed by atoms with Crippen molar-refractivity contribution >= 4 is 33.2 Å². The molecule has 17 heavy (non-hydrogen) atoms. The van der Waals surface area contributed by atoms with Crippen LogP contribution in [0.3, 0.4) is 0 Å². The van der Waals surface area contributed by atoms with Crippen molar-refractivity contribution in [3.8, 4) is 0 Å². The van der Waals surface area contributed by atoms with Crippen LogP contribution >= 0.6 is 27.3 Å². The minimum absolute atomic E-state index is 0.118. The third-order valence-electron chi connectivity index (χ3n) is 1.97. The van der Waals surface area contributed by atoms with Crippen LogP contribution in [-0.2, 0) is 11.3 Å². The predicted molar refractivity (Wildman–Crippen MR) is 64.9 cm³/mol. The first-order valence-electron chi connectivity index (χ1n) is 4.87. The highest BCUT2D eigenvalue weighted by Crippen LogP contribution is 2.23. The molecule has 0 amide bonds. The summed E-state index contributed by atoms with van der Waals surface area (Å²) in [5.41, 5.74) is 0. The van der Waals surface area contributed by atoms with Crippen LogP contribution in [0.15, 0.2) is 15.9 Å². The number of ether oxygens (including phenoxy) is 1. The number of carbonyl (C=O) groups is 1. The first-order valence-corrected chi connectivity index (χ1v) is 6.54. The quantitative estimate of drug-likeness (QED) is 0.803. The summed E-state index contributed by atoms with van der Waals surface area (Å²) in [6.07, 6.45) is 0. The molecule has 90 valence electrons. The summed E-state index contributed by atoms with van der Waals surface area (Å²) in [6, 6.07) is 1.94. The lowest BCUT2D eigenvalue weighted by Gasteiger charge is -2.02. The van der Waals surface area contributed by atoms with E-state index < -0.39 is 5.97 Å². The smallest absolute Gasteiger partial charge is 0.378 e. The predicted octanol–water partition coefficient (Wildman–Crippen LogP) is 1.72. The number of aromatic nitrogens is 4. The fourth-order valence-corrected chi connectivity index (χ4v) is 2.69. The molecular formula is C9H9BrN4O2S. The van der Waals surface area contributed by atoms with Gasteiger partial charge in [0.2, 0.25) is 0 Å². The number of halogens is 1. The number of rotatable bonds is 4. The summed E-state index contributed by atoms with van der Waals surface area (Å²) in [5, 5.41) is 12.9. The van der Waals surface area contributed by atoms with E-state index in [0.29, 0.717) is 13.2 Å². The molecule has 2 rings (SSSR count). The van der Waals surface area contributed by atoms with Crippen LogP contribution in [-0.4, -0.2) is 32.8 Å². The number of carbonyl (C=O) groups excluding carboxylic acids is 1. The second kappa shape index (κ2) is 5.37. The molecule has 0 saturated carbocycles. The minimum atomic E-state index is -0.509. The van der Waals surface area contributed by atoms with Crippen molar-refractivity contribution in [1.82, 2.24) is 20.2 Å². The molecule has 0 aliphatic carbocycles. The van der Waals surface area contributed by atoms with Crippen LogP contribution < -0.4 is 0 Å². The SMILES string of the molecule is CCOC(=O)c1nnnn1Cc1sccc1Br. The Bertz CT molecular complexity index is 525. The first-order chi connectivity index (χ1) is 8.22. The molecule has 0 spiro atoms. The highest BCUT2D eigenvalue weighted by Gasteiger charge is 2.17. The van der Waals surface area contributed by atoms with Gasteiger partial charge in [-0.3, -0.25) is 0 Å². The van der Waals surface area contributed by atoms with Crippen molar-refractivity contribution in [2.45, 2.75) is 13.5 Å². The maximum atomic E-state index is 11.5. The third-order valence-corrected chi connectivity index (χ3v) is 3.89. The van der Waals surface area contributed by atoms with Crippen LogP contribution in [0.2, 0.25) is 0 Å². The highest BCUT2D eigenvalue weighted by atomic mass is 79.9. The maximum Gasteiger partial charge on any atom is 0.378 e. The van der Waals surface area contributed by atoms with E-state index in [9.17, 15) is 4.79 Å². The summed E-state index contributed by atoms with van der Waals surface area (Å²) < 4.78 is 7.27. The summed E-state index contributed by atoms with van der Waals surface area (Å²) >= 11 is 4.98. The number of nitrogens with zero attached hydrogens (tertiary/aromatic N) is 4. The standard InChI is InChI=1S/C9H9BrN4O2S/c1-2-16-9(15)8-11-12-13-14(8)5-7-6(10)3-4-17-7/h3-4H,2,5H2,1H3. The molecule has 0 fully saturated rings. The van der Waals surface area contributed by atoms with E-state index >= 15 is 0 Å². The molecule has 2 aromatic rings. The fourth-order valence-electron chi connectivity index (χ4n) is 1.23. The van der Waals surface area contributed by atoms with Crippen LogP contribution in [0, 0.1) is 0 Å². The maximum absolute atomic E-state index is 11.5. The van der Waals surface area contributed by atoms with Gasteiger partial charge in [-0.1, -0.05) is 0 Å². The highest BCUT2D eigenvalue weighted by molar-refractivity contribution is 9.10. The van der Waals surface area contributed by atoms with Gasteiger partial charge in [0.25, 0.3) is 5.82 Å². The summed E-state index contributed by atoms with van der Waals surface area (Å²) in [6.45, 7) is 2.48. The van der Waals surface area contributed by atoms with Crippen LogP contribution in [0.25, 0.3) is 0 Å². The number of hydrogen-bond donors (Lipinski definition) is 0.